The Kier molecular flexibility index (Phi) is 16.3. The van der Waals surface area contributed by atoms with Crippen molar-refractivity contribution in [1.82, 2.24) is 0 Å². The van der Waals surface area contributed by atoms with Gasteiger partial charge >= 0.3 is 0 Å². The summed E-state index contributed by atoms with van der Waals surface area (Å²) in [6, 6.07) is 26.1. The molecule has 3 rings (SSSR count). The van der Waals surface area contributed by atoms with Crippen molar-refractivity contribution >= 4 is 0 Å². The van der Waals surface area contributed by atoms with Crippen molar-refractivity contribution in [3.8, 4) is 28.0 Å². The Labute approximate surface area is 251 Å². The Hall–Kier alpha value is -2.58. The van der Waals surface area contributed by atoms with Crippen LogP contribution in [-0.4, -0.2) is 13.2 Å². The summed E-state index contributed by atoms with van der Waals surface area (Å²) in [4.78, 5) is 0. The number of hydrogen-bond donors (Lipinski definition) is 0. The van der Waals surface area contributed by atoms with E-state index in [1.807, 2.05) is 0 Å². The van der Waals surface area contributed by atoms with Crippen molar-refractivity contribution < 1.29 is 9.47 Å². The molecular weight excluding hydrogens is 500 g/mol. The highest BCUT2D eigenvalue weighted by Gasteiger charge is 2.10. The van der Waals surface area contributed by atoms with Crippen LogP contribution < -0.4 is 4.74 Å². The van der Waals surface area contributed by atoms with E-state index in [0.717, 1.165) is 31.8 Å². The number of benzene rings is 3. The second-order valence-electron chi connectivity index (χ2n) is 11.6. The van der Waals surface area contributed by atoms with E-state index in [9.17, 15) is 0 Å². The maximum atomic E-state index is 6.20. The second-order valence-corrected chi connectivity index (χ2v) is 11.6. The van der Waals surface area contributed by atoms with Gasteiger partial charge in [0.15, 0.2) is 0 Å². The van der Waals surface area contributed by atoms with Crippen LogP contribution in [0.15, 0.2) is 72.8 Å². The highest BCUT2D eigenvalue weighted by molar-refractivity contribution is 5.83. The van der Waals surface area contributed by atoms with Gasteiger partial charge in [0, 0.05) is 6.61 Å². The third-order valence-electron chi connectivity index (χ3n) is 8.17. The van der Waals surface area contributed by atoms with Gasteiger partial charge in [-0.1, -0.05) is 158 Å². The minimum Gasteiger partial charge on any atom is -0.494 e. The molecule has 0 radical (unpaired) electrons. The first-order valence-corrected chi connectivity index (χ1v) is 16.8. The van der Waals surface area contributed by atoms with E-state index in [1.165, 1.54) is 111 Å². The van der Waals surface area contributed by atoms with Gasteiger partial charge in [0.05, 0.1) is 12.7 Å². The number of ether oxygens (including phenoxy) is 2. The Bertz CT molecular complexity index is 1050. The van der Waals surface area contributed by atoms with Crippen LogP contribution in [-0.2, 0) is 4.74 Å². The van der Waals surface area contributed by atoms with E-state index in [2.05, 4.69) is 93.6 Å². The molecule has 0 heterocycles. The Morgan fingerprint density at radius 3 is 1.46 bits per heavy atom. The quantitative estimate of drug-likeness (QED) is 0.115. The summed E-state index contributed by atoms with van der Waals surface area (Å²) in [5.41, 5.74) is 6.19. The molecule has 1 atom stereocenters. The fraction of sp³-hybridized carbons (Fsp3) is 0.538. The zero-order chi connectivity index (χ0) is 29.0. The van der Waals surface area contributed by atoms with E-state index in [0.29, 0.717) is 0 Å². The minimum absolute atomic E-state index is 0.122. The summed E-state index contributed by atoms with van der Waals surface area (Å²) in [5, 5.41) is 0. The lowest BCUT2D eigenvalue weighted by Gasteiger charge is -2.15. The van der Waals surface area contributed by atoms with Crippen molar-refractivity contribution in [2.75, 3.05) is 13.2 Å². The van der Waals surface area contributed by atoms with Gasteiger partial charge in [0.2, 0.25) is 0 Å². The van der Waals surface area contributed by atoms with E-state index in [4.69, 9.17) is 9.47 Å². The summed E-state index contributed by atoms with van der Waals surface area (Å²) in [6.45, 7) is 8.32. The third kappa shape index (κ3) is 12.4. The number of hydrogen-bond acceptors (Lipinski definition) is 2. The molecule has 3 aromatic carbocycles. The molecule has 0 saturated carbocycles. The maximum Gasteiger partial charge on any atom is 0.119 e. The molecule has 0 saturated heterocycles. The number of rotatable bonds is 22. The SMILES string of the molecule is CCCCCCCCCCCCCCOC(C)c1ccc(-c2ccccc2-c2ccc(OCCCCC)cc2)cc1. The van der Waals surface area contributed by atoms with Crippen LogP contribution in [0.2, 0.25) is 0 Å². The second kappa shape index (κ2) is 20.3. The zero-order valence-electron chi connectivity index (χ0n) is 26.3. The van der Waals surface area contributed by atoms with Crippen molar-refractivity contribution in [2.24, 2.45) is 0 Å². The lowest BCUT2D eigenvalue weighted by molar-refractivity contribution is 0.0627. The van der Waals surface area contributed by atoms with Crippen LogP contribution in [0.4, 0.5) is 0 Å². The number of unbranched alkanes of at least 4 members (excludes halogenated alkanes) is 13. The van der Waals surface area contributed by atoms with Gasteiger partial charge in [-0.3, -0.25) is 0 Å². The van der Waals surface area contributed by atoms with Crippen LogP contribution in [0.5, 0.6) is 5.75 Å². The topological polar surface area (TPSA) is 18.5 Å². The van der Waals surface area contributed by atoms with Crippen LogP contribution in [0, 0.1) is 0 Å². The molecule has 0 spiro atoms. The molecule has 0 aliphatic rings. The van der Waals surface area contributed by atoms with Gasteiger partial charge in [-0.2, -0.15) is 0 Å². The molecule has 0 amide bonds. The molecule has 0 aliphatic heterocycles. The highest BCUT2D eigenvalue weighted by Crippen LogP contribution is 2.33. The Balaban J connectivity index is 1.39. The van der Waals surface area contributed by atoms with E-state index >= 15 is 0 Å². The average molecular weight is 557 g/mol. The molecule has 41 heavy (non-hydrogen) atoms. The van der Waals surface area contributed by atoms with Gasteiger partial charge in [-0.25, -0.2) is 0 Å². The molecule has 0 aromatic heterocycles. The van der Waals surface area contributed by atoms with Crippen molar-refractivity contribution in [3.63, 3.8) is 0 Å². The van der Waals surface area contributed by atoms with Gasteiger partial charge in [-0.15, -0.1) is 0 Å². The summed E-state index contributed by atoms with van der Waals surface area (Å²) in [7, 11) is 0. The zero-order valence-corrected chi connectivity index (χ0v) is 26.3. The molecule has 0 bridgehead atoms. The van der Waals surface area contributed by atoms with Crippen LogP contribution in [0.3, 0.4) is 0 Å². The molecule has 0 N–H and O–H groups in total. The minimum atomic E-state index is 0.122. The highest BCUT2D eigenvalue weighted by atomic mass is 16.5. The van der Waals surface area contributed by atoms with Crippen molar-refractivity contribution in [2.45, 2.75) is 123 Å². The summed E-state index contributed by atoms with van der Waals surface area (Å²) in [5.74, 6) is 0.948. The summed E-state index contributed by atoms with van der Waals surface area (Å²) >= 11 is 0. The molecule has 0 fully saturated rings. The summed E-state index contributed by atoms with van der Waals surface area (Å²) in [6.07, 6.45) is 20.1. The normalized spacial score (nSPS) is 12.0. The molecule has 224 valence electrons. The van der Waals surface area contributed by atoms with E-state index < -0.39 is 0 Å². The van der Waals surface area contributed by atoms with Gasteiger partial charge in [0.25, 0.3) is 0 Å². The van der Waals surface area contributed by atoms with Crippen LogP contribution in [0.25, 0.3) is 22.3 Å². The lowest BCUT2D eigenvalue weighted by atomic mass is 9.94. The predicted octanol–water partition coefficient (Wildman–Crippen LogP) is 12.4. The fourth-order valence-corrected chi connectivity index (χ4v) is 5.49. The van der Waals surface area contributed by atoms with Gasteiger partial charge in [-0.05, 0) is 59.7 Å². The van der Waals surface area contributed by atoms with Crippen molar-refractivity contribution in [1.29, 1.82) is 0 Å². The summed E-state index contributed by atoms with van der Waals surface area (Å²) < 4.78 is 12.1. The Morgan fingerprint density at radius 2 is 0.927 bits per heavy atom. The largest absolute Gasteiger partial charge is 0.494 e. The molecule has 0 aliphatic carbocycles. The lowest BCUT2D eigenvalue weighted by Crippen LogP contribution is -2.02. The fourth-order valence-electron chi connectivity index (χ4n) is 5.49. The van der Waals surface area contributed by atoms with Crippen LogP contribution in [0.1, 0.15) is 129 Å². The predicted molar refractivity (Wildman–Crippen MR) is 178 cm³/mol. The van der Waals surface area contributed by atoms with Crippen LogP contribution >= 0.6 is 0 Å². The molecule has 1 unspecified atom stereocenters. The van der Waals surface area contributed by atoms with E-state index in [1.54, 1.807) is 0 Å². The maximum absolute atomic E-state index is 6.20. The monoisotopic (exact) mass is 556 g/mol. The third-order valence-corrected chi connectivity index (χ3v) is 8.17. The van der Waals surface area contributed by atoms with E-state index in [-0.39, 0.29) is 6.10 Å². The molecule has 3 aromatic rings. The average Bonchev–Trinajstić information content (AvgIpc) is 3.02. The molecule has 2 nitrogen and oxygen atoms in total. The molecular formula is C39H56O2. The van der Waals surface area contributed by atoms with Gasteiger partial charge < -0.3 is 9.47 Å². The smallest absolute Gasteiger partial charge is 0.119 e. The standard InChI is InChI=1S/C39H56O2/c1-4-6-8-9-10-11-12-13-14-15-16-20-31-40-33(3)34-23-25-35(26-24-34)38-21-17-18-22-39(38)36-27-29-37(30-28-36)41-32-19-7-5-2/h17-18,21-30,33H,4-16,19-20,31-32H2,1-3H3. The first-order valence-electron chi connectivity index (χ1n) is 16.8. The Morgan fingerprint density at radius 1 is 0.488 bits per heavy atom. The first-order chi connectivity index (χ1) is 20.2. The molecule has 2 heteroatoms. The van der Waals surface area contributed by atoms with Crippen molar-refractivity contribution in [3.05, 3.63) is 78.4 Å². The van der Waals surface area contributed by atoms with Gasteiger partial charge in [0.1, 0.15) is 5.75 Å². The first kappa shape index (κ1) is 32.9.